The van der Waals surface area contributed by atoms with Crippen LogP contribution in [0.4, 0.5) is 0 Å². The van der Waals surface area contributed by atoms with E-state index in [1.54, 1.807) is 0 Å². The summed E-state index contributed by atoms with van der Waals surface area (Å²) in [5.74, 6) is 0. The van der Waals surface area contributed by atoms with Crippen molar-refractivity contribution < 1.29 is 0 Å². The topological polar surface area (TPSA) is 0 Å². The van der Waals surface area contributed by atoms with Gasteiger partial charge < -0.3 is 0 Å². The second-order valence-corrected chi connectivity index (χ2v) is 28.4. The summed E-state index contributed by atoms with van der Waals surface area (Å²) in [7, 11) is 0. The molecular formula is C36H76BrP. The van der Waals surface area contributed by atoms with Crippen LogP contribution in [-0.4, -0.2) is 26.2 Å². The van der Waals surface area contributed by atoms with Gasteiger partial charge in [-0.05, 0) is 0 Å². The molecule has 0 rings (SSSR count). The van der Waals surface area contributed by atoms with E-state index in [-0.39, 0.29) is 0 Å². The van der Waals surface area contributed by atoms with E-state index in [2.05, 4.69) is 42.4 Å². The molecule has 38 heavy (non-hydrogen) atoms. The van der Waals surface area contributed by atoms with Gasteiger partial charge in [0.15, 0.2) is 0 Å². The van der Waals surface area contributed by atoms with E-state index in [1.165, 1.54) is 205 Å². The molecular weight excluding hydrogens is 543 g/mol. The molecule has 0 heterocycles. The Hall–Kier alpha value is 0.910. The maximum atomic E-state index is 3.98. The Labute approximate surface area is 252 Å². The molecule has 0 atom stereocenters. The minimum absolute atomic E-state index is 1.37. The average Bonchev–Trinajstić information content (AvgIpc) is 2.86. The summed E-state index contributed by atoms with van der Waals surface area (Å²) in [5, 5.41) is -1.43. The molecule has 0 unspecified atom stereocenters. The first-order chi connectivity index (χ1) is 18.3. The summed E-state index contributed by atoms with van der Waals surface area (Å²) in [6.45, 7) is 9.62. The summed E-state index contributed by atoms with van der Waals surface area (Å²) in [4.78, 5) is 0. The zero-order valence-electron chi connectivity index (χ0n) is 27.5. The summed E-state index contributed by atoms with van der Waals surface area (Å²) < 4.78 is 0. The van der Waals surface area contributed by atoms with Gasteiger partial charge in [0, 0.05) is 0 Å². The Morgan fingerprint density at radius 2 is 0.447 bits per heavy atom. The first-order valence-electron chi connectivity index (χ1n) is 18.0. The molecule has 0 aliphatic rings. The minimum atomic E-state index is -1.43. The molecule has 0 saturated carbocycles. The fourth-order valence-electron chi connectivity index (χ4n) is 5.85. The van der Waals surface area contributed by atoms with E-state index >= 15 is 0 Å². The normalized spacial score (nSPS) is 13.1. The molecule has 232 valence electrons. The first-order valence-corrected chi connectivity index (χ1v) is 23.8. The number of rotatable bonds is 32. The van der Waals surface area contributed by atoms with Gasteiger partial charge in [-0.3, -0.25) is 0 Å². The van der Waals surface area contributed by atoms with Crippen molar-refractivity contribution in [2.45, 2.75) is 206 Å². The quantitative estimate of drug-likeness (QED) is 0.0519. The number of unbranched alkanes of at least 4 members (excludes halogenated alkanes) is 30. The average molecular weight is 620 g/mol. The zero-order chi connectivity index (χ0) is 28.1. The van der Waals surface area contributed by atoms with Crippen molar-refractivity contribution in [3.05, 3.63) is 0 Å². The number of halogens is 1. The van der Waals surface area contributed by atoms with Crippen LogP contribution in [0, 0.1) is 0 Å². The Bertz CT molecular complexity index is 443. The van der Waals surface area contributed by atoms with Gasteiger partial charge in [-0.15, -0.1) is 0 Å². The second-order valence-electron chi connectivity index (χ2n) is 14.2. The molecule has 0 aromatic heterocycles. The molecule has 0 fully saturated rings. The Kier molecular flexibility index (Phi) is 28.7. The van der Waals surface area contributed by atoms with Gasteiger partial charge in [-0.1, -0.05) is 135 Å². The van der Waals surface area contributed by atoms with Crippen molar-refractivity contribution in [2.24, 2.45) is 0 Å². The summed E-state index contributed by atoms with van der Waals surface area (Å²) in [6, 6.07) is 0. The van der Waals surface area contributed by atoms with Crippen LogP contribution < -0.4 is 0 Å². The fourth-order valence-corrected chi connectivity index (χ4v) is 7.89. The van der Waals surface area contributed by atoms with Crippen LogP contribution in [0.15, 0.2) is 0 Å². The molecule has 0 bridgehead atoms. The zero-order valence-corrected chi connectivity index (χ0v) is 29.9. The van der Waals surface area contributed by atoms with E-state index in [1.807, 2.05) is 0 Å². The molecule has 0 aliphatic heterocycles. The molecule has 0 aromatic rings. The Balaban J connectivity index is 3.07. The van der Waals surface area contributed by atoms with Crippen molar-refractivity contribution >= 4 is 20.8 Å². The molecule has 0 radical (unpaired) electrons. The van der Waals surface area contributed by atoms with E-state index < -0.39 is 5.31 Å². The van der Waals surface area contributed by atoms with E-state index in [9.17, 15) is 0 Å². The molecule has 0 aromatic carbocycles. The predicted molar refractivity (Wildman–Crippen MR) is 187 cm³/mol. The second kappa shape index (κ2) is 28.0. The number of hydrogen-bond donors (Lipinski definition) is 0. The van der Waals surface area contributed by atoms with Gasteiger partial charge in [0.05, 0.1) is 0 Å². The van der Waals surface area contributed by atoms with Crippen LogP contribution >= 0.6 is 20.8 Å². The van der Waals surface area contributed by atoms with Crippen LogP contribution in [-0.2, 0) is 0 Å². The maximum absolute atomic E-state index is 3.98. The standard InChI is InChI=1S/C36H76BrP/c1-5-6-7-8-9-10-11-12-13-14-15-16-17-18-19-20-21-22-23-24-25-26-27-28-29-30-31-32-33-34-35-36-38(2,3,4)37/h5-36H2,1-4H3. The predicted octanol–water partition coefficient (Wildman–Crippen LogP) is 14.9. The third-order valence-electron chi connectivity index (χ3n) is 8.52. The van der Waals surface area contributed by atoms with Gasteiger partial charge in [0.25, 0.3) is 0 Å². The summed E-state index contributed by atoms with van der Waals surface area (Å²) >= 11 is 3.98. The van der Waals surface area contributed by atoms with Crippen molar-refractivity contribution in [1.29, 1.82) is 0 Å². The molecule has 0 spiro atoms. The summed E-state index contributed by atoms with van der Waals surface area (Å²) in [6.07, 6.45) is 47.2. The van der Waals surface area contributed by atoms with Crippen LogP contribution in [0.25, 0.3) is 0 Å². The van der Waals surface area contributed by atoms with E-state index in [0.717, 1.165) is 0 Å². The first kappa shape index (κ1) is 38.9. The van der Waals surface area contributed by atoms with Gasteiger partial charge in [0.2, 0.25) is 0 Å². The van der Waals surface area contributed by atoms with Crippen molar-refractivity contribution in [1.82, 2.24) is 0 Å². The van der Waals surface area contributed by atoms with Gasteiger partial charge in [-0.25, -0.2) is 0 Å². The van der Waals surface area contributed by atoms with Crippen LogP contribution in [0.5, 0.6) is 0 Å². The number of hydrogen-bond acceptors (Lipinski definition) is 0. The molecule has 0 nitrogen and oxygen atoms in total. The fraction of sp³-hybridized carbons (Fsp3) is 1.00. The Morgan fingerprint density at radius 3 is 0.605 bits per heavy atom. The molecule has 0 saturated heterocycles. The van der Waals surface area contributed by atoms with Gasteiger partial charge >= 0.3 is 118 Å². The molecule has 0 aliphatic carbocycles. The SMILES string of the molecule is CCCCCCCCCCCCCCCCCCCCCCCCCCCCCCCCCP(C)(C)(C)Br. The van der Waals surface area contributed by atoms with Crippen LogP contribution in [0.3, 0.4) is 0 Å². The van der Waals surface area contributed by atoms with Crippen LogP contribution in [0.1, 0.15) is 206 Å². The van der Waals surface area contributed by atoms with E-state index in [0.29, 0.717) is 0 Å². The monoisotopic (exact) mass is 618 g/mol. The van der Waals surface area contributed by atoms with Crippen molar-refractivity contribution in [2.75, 3.05) is 26.2 Å². The molecule has 2 heteroatoms. The summed E-state index contributed by atoms with van der Waals surface area (Å²) in [5.41, 5.74) is 0. The molecule has 0 N–H and O–H groups in total. The van der Waals surface area contributed by atoms with E-state index in [4.69, 9.17) is 0 Å². The van der Waals surface area contributed by atoms with Crippen molar-refractivity contribution in [3.63, 3.8) is 0 Å². The van der Waals surface area contributed by atoms with Gasteiger partial charge in [0.1, 0.15) is 0 Å². The Morgan fingerprint density at radius 1 is 0.289 bits per heavy atom. The molecule has 0 amide bonds. The third-order valence-corrected chi connectivity index (χ3v) is 11.4. The van der Waals surface area contributed by atoms with Crippen LogP contribution in [0.2, 0.25) is 0 Å². The third kappa shape index (κ3) is 36.9. The van der Waals surface area contributed by atoms with Gasteiger partial charge in [-0.2, -0.15) is 0 Å². The van der Waals surface area contributed by atoms with Crippen molar-refractivity contribution in [3.8, 4) is 0 Å².